The summed E-state index contributed by atoms with van der Waals surface area (Å²) in [5.74, 6) is -1.81. The van der Waals surface area contributed by atoms with Gasteiger partial charge in [0, 0.05) is 17.7 Å². The monoisotopic (exact) mass is 299 g/mol. The second-order valence-corrected chi connectivity index (χ2v) is 5.09. The molecule has 0 amide bonds. The van der Waals surface area contributed by atoms with E-state index < -0.39 is 23.5 Å². The van der Waals surface area contributed by atoms with E-state index in [2.05, 4.69) is 0 Å². The van der Waals surface area contributed by atoms with E-state index in [0.717, 1.165) is 6.07 Å². The van der Waals surface area contributed by atoms with E-state index in [4.69, 9.17) is 17.3 Å². The lowest BCUT2D eigenvalue weighted by molar-refractivity contribution is 0.549. The highest BCUT2D eigenvalue weighted by atomic mass is 35.5. The van der Waals surface area contributed by atoms with Gasteiger partial charge in [-0.3, -0.25) is 0 Å². The van der Waals surface area contributed by atoms with Crippen LogP contribution >= 0.6 is 11.6 Å². The van der Waals surface area contributed by atoms with Crippen molar-refractivity contribution in [3.8, 4) is 0 Å². The lowest BCUT2D eigenvalue weighted by Gasteiger charge is -2.14. The highest BCUT2D eigenvalue weighted by molar-refractivity contribution is 6.30. The Bertz CT molecular complexity index is 643. The van der Waals surface area contributed by atoms with Gasteiger partial charge in [-0.25, -0.2) is 13.2 Å². The van der Waals surface area contributed by atoms with E-state index >= 15 is 0 Å². The first-order valence-corrected chi connectivity index (χ1v) is 6.41. The van der Waals surface area contributed by atoms with Gasteiger partial charge in [0.05, 0.1) is 5.02 Å². The minimum atomic E-state index is -0.686. The molecule has 5 heteroatoms. The molecule has 1 nitrogen and oxygen atoms in total. The van der Waals surface area contributed by atoms with Gasteiger partial charge in [0.15, 0.2) is 0 Å². The molecule has 0 saturated heterocycles. The Kier molecular flexibility index (Phi) is 4.35. The lowest BCUT2D eigenvalue weighted by Crippen LogP contribution is -2.15. The number of hydrogen-bond donors (Lipinski definition) is 1. The molecule has 0 saturated carbocycles. The summed E-state index contributed by atoms with van der Waals surface area (Å²) in [5.41, 5.74) is 7.18. The molecule has 0 heterocycles. The zero-order valence-corrected chi connectivity index (χ0v) is 11.5. The zero-order valence-electron chi connectivity index (χ0n) is 10.8. The Balaban J connectivity index is 2.25. The molecule has 0 aromatic heterocycles. The average molecular weight is 300 g/mol. The Morgan fingerprint density at radius 3 is 2.40 bits per heavy atom. The third-order valence-corrected chi connectivity index (χ3v) is 3.41. The van der Waals surface area contributed by atoms with Crippen molar-refractivity contribution in [1.82, 2.24) is 0 Å². The highest BCUT2D eigenvalue weighted by Crippen LogP contribution is 2.24. The maximum absolute atomic E-state index is 13.7. The average Bonchev–Trinajstić information content (AvgIpc) is 2.38. The highest BCUT2D eigenvalue weighted by Gasteiger charge is 2.15. The topological polar surface area (TPSA) is 26.0 Å². The molecule has 0 aliphatic heterocycles. The van der Waals surface area contributed by atoms with Crippen LogP contribution in [0, 0.1) is 24.4 Å². The molecule has 1 unspecified atom stereocenters. The van der Waals surface area contributed by atoms with Crippen LogP contribution in [0.5, 0.6) is 0 Å². The molecule has 0 spiro atoms. The van der Waals surface area contributed by atoms with Gasteiger partial charge < -0.3 is 5.73 Å². The van der Waals surface area contributed by atoms with Crippen LogP contribution in [0.3, 0.4) is 0 Å². The van der Waals surface area contributed by atoms with Crippen LogP contribution in [0.2, 0.25) is 5.02 Å². The third kappa shape index (κ3) is 3.14. The second kappa shape index (κ2) is 5.85. The van der Waals surface area contributed by atoms with E-state index in [1.807, 2.05) is 0 Å². The van der Waals surface area contributed by atoms with Crippen LogP contribution in [0.25, 0.3) is 0 Å². The van der Waals surface area contributed by atoms with E-state index in [1.54, 1.807) is 6.92 Å². The molecule has 2 aromatic carbocycles. The Morgan fingerprint density at radius 2 is 1.75 bits per heavy atom. The summed E-state index contributed by atoms with van der Waals surface area (Å²) in [6, 6.07) is 5.77. The van der Waals surface area contributed by atoms with Gasteiger partial charge in [0.2, 0.25) is 0 Å². The molecule has 0 radical (unpaired) electrons. The smallest absolute Gasteiger partial charge is 0.141 e. The van der Waals surface area contributed by atoms with Crippen LogP contribution in [-0.2, 0) is 6.42 Å². The fourth-order valence-electron chi connectivity index (χ4n) is 1.99. The summed E-state index contributed by atoms with van der Waals surface area (Å²) in [7, 11) is 0. The van der Waals surface area contributed by atoms with E-state index in [0.29, 0.717) is 11.1 Å². The Morgan fingerprint density at radius 1 is 1.05 bits per heavy atom. The van der Waals surface area contributed by atoms with E-state index in [-0.39, 0.29) is 17.0 Å². The SMILES string of the molecule is Cc1cc(C(N)Cc2ccc(F)c(Cl)c2)c(F)cc1F. The normalized spacial score (nSPS) is 12.5. The lowest BCUT2D eigenvalue weighted by atomic mass is 9.97. The third-order valence-electron chi connectivity index (χ3n) is 3.12. The van der Waals surface area contributed by atoms with Gasteiger partial charge in [-0.05, 0) is 42.7 Å². The van der Waals surface area contributed by atoms with Gasteiger partial charge in [-0.1, -0.05) is 17.7 Å². The van der Waals surface area contributed by atoms with Gasteiger partial charge >= 0.3 is 0 Å². The van der Waals surface area contributed by atoms with Crippen molar-refractivity contribution in [2.75, 3.05) is 0 Å². The molecule has 0 aliphatic carbocycles. The first-order chi connectivity index (χ1) is 9.38. The second-order valence-electron chi connectivity index (χ2n) is 4.68. The zero-order chi connectivity index (χ0) is 14.9. The van der Waals surface area contributed by atoms with Crippen molar-refractivity contribution in [2.45, 2.75) is 19.4 Å². The number of hydrogen-bond acceptors (Lipinski definition) is 1. The Hall–Kier alpha value is -1.52. The fourth-order valence-corrected chi connectivity index (χ4v) is 2.20. The van der Waals surface area contributed by atoms with E-state index in [1.165, 1.54) is 24.3 Å². The predicted octanol–water partition coefficient (Wildman–Crippen LogP) is 4.31. The van der Waals surface area contributed by atoms with Crippen LogP contribution in [0.1, 0.15) is 22.7 Å². The predicted molar refractivity (Wildman–Crippen MR) is 73.1 cm³/mol. The molecule has 0 aliphatic rings. The molecule has 2 aromatic rings. The van der Waals surface area contributed by atoms with Crippen molar-refractivity contribution in [3.05, 3.63) is 69.5 Å². The largest absolute Gasteiger partial charge is 0.324 e. The minimum absolute atomic E-state index is 0.00883. The molecule has 0 fully saturated rings. The quantitative estimate of drug-likeness (QED) is 0.898. The maximum atomic E-state index is 13.7. The van der Waals surface area contributed by atoms with Crippen LogP contribution < -0.4 is 5.73 Å². The number of aryl methyl sites for hydroxylation is 1. The van der Waals surface area contributed by atoms with Crippen molar-refractivity contribution < 1.29 is 13.2 Å². The van der Waals surface area contributed by atoms with Crippen LogP contribution in [-0.4, -0.2) is 0 Å². The van der Waals surface area contributed by atoms with Crippen molar-refractivity contribution in [2.24, 2.45) is 5.73 Å². The molecule has 2 N–H and O–H groups in total. The van der Waals surface area contributed by atoms with E-state index in [9.17, 15) is 13.2 Å². The van der Waals surface area contributed by atoms with Gasteiger partial charge in [0.1, 0.15) is 17.5 Å². The summed E-state index contributed by atoms with van der Waals surface area (Å²) in [4.78, 5) is 0. The summed E-state index contributed by atoms with van der Waals surface area (Å²) in [6.07, 6.45) is 0.280. The Labute approximate surface area is 120 Å². The number of rotatable bonds is 3. The van der Waals surface area contributed by atoms with Gasteiger partial charge in [-0.2, -0.15) is 0 Å². The number of halogens is 4. The summed E-state index contributed by atoms with van der Waals surface area (Å²) < 4.78 is 40.0. The van der Waals surface area contributed by atoms with Gasteiger partial charge in [0.25, 0.3) is 0 Å². The van der Waals surface area contributed by atoms with Crippen molar-refractivity contribution >= 4 is 11.6 Å². The number of nitrogens with two attached hydrogens (primary N) is 1. The number of benzene rings is 2. The molecular formula is C15H13ClF3N. The summed E-state index contributed by atoms with van der Waals surface area (Å²) in [5, 5.41) is -0.00883. The fraction of sp³-hybridized carbons (Fsp3) is 0.200. The minimum Gasteiger partial charge on any atom is -0.324 e. The first kappa shape index (κ1) is 14.9. The standard InChI is InChI=1S/C15H13ClF3N/c1-8-4-10(14(19)7-13(8)18)15(20)6-9-2-3-12(17)11(16)5-9/h2-5,7,15H,6,20H2,1H3. The van der Waals surface area contributed by atoms with Crippen LogP contribution in [0.15, 0.2) is 30.3 Å². The molecule has 106 valence electrons. The maximum Gasteiger partial charge on any atom is 0.141 e. The van der Waals surface area contributed by atoms with Crippen molar-refractivity contribution in [1.29, 1.82) is 0 Å². The van der Waals surface area contributed by atoms with Crippen LogP contribution in [0.4, 0.5) is 13.2 Å². The molecule has 20 heavy (non-hydrogen) atoms. The summed E-state index contributed by atoms with van der Waals surface area (Å²) in [6.45, 7) is 1.54. The van der Waals surface area contributed by atoms with Gasteiger partial charge in [-0.15, -0.1) is 0 Å². The molecule has 0 bridgehead atoms. The first-order valence-electron chi connectivity index (χ1n) is 6.03. The molecule has 1 atom stereocenters. The van der Waals surface area contributed by atoms with Crippen molar-refractivity contribution in [3.63, 3.8) is 0 Å². The molecular weight excluding hydrogens is 287 g/mol. The summed E-state index contributed by atoms with van der Waals surface area (Å²) >= 11 is 5.68. The molecule has 2 rings (SSSR count).